The van der Waals surface area contributed by atoms with E-state index in [0.717, 1.165) is 25.1 Å². The number of hydrogen-bond donors (Lipinski definition) is 0. The van der Waals surface area contributed by atoms with E-state index in [1.165, 1.54) is 33.9 Å². The molecule has 1 amide bonds. The van der Waals surface area contributed by atoms with Gasteiger partial charge in [0, 0.05) is 17.2 Å². The molecule has 1 fully saturated rings. The first-order valence-corrected chi connectivity index (χ1v) is 19.7. The molecule has 0 bridgehead atoms. The highest BCUT2D eigenvalue weighted by Gasteiger charge is 2.42. The molecule has 5 rings (SSSR count). The maximum absolute atomic E-state index is 15.2. The van der Waals surface area contributed by atoms with Gasteiger partial charge in [0.05, 0.1) is 49.6 Å². The van der Waals surface area contributed by atoms with Gasteiger partial charge in [0.15, 0.2) is 18.5 Å². The molecule has 2 unspecified atom stereocenters. The molecule has 0 aliphatic carbocycles. The van der Waals surface area contributed by atoms with Gasteiger partial charge in [0.1, 0.15) is 17.2 Å². The quantitative estimate of drug-likeness (QED) is 0.108. The SMILES string of the molecule is COc1cc(F)c(C(C)C)cc1-c1ccc(C(F)(F)F)cc1CN(C(=O)OC(C)(C)C)C(C)C(OC(=O)OC1COC(c2ccccc2)OC1)c1cc(C(F)(F)F)cc(C(F)(F)F)c1. The summed E-state index contributed by atoms with van der Waals surface area (Å²) in [7, 11) is 1.19. The molecule has 0 radical (unpaired) electrons. The number of halogens is 10. The average molecular weight is 918 g/mol. The molecule has 1 aliphatic heterocycles. The maximum Gasteiger partial charge on any atom is 0.509 e. The minimum absolute atomic E-state index is 0.0334. The van der Waals surface area contributed by atoms with Gasteiger partial charge < -0.3 is 28.4 Å². The first-order chi connectivity index (χ1) is 29.7. The van der Waals surface area contributed by atoms with Crippen molar-refractivity contribution in [3.05, 3.63) is 124 Å². The first kappa shape index (κ1) is 49.5. The molecule has 1 aliphatic rings. The highest BCUT2D eigenvalue weighted by molar-refractivity contribution is 5.76. The van der Waals surface area contributed by atoms with Crippen molar-refractivity contribution >= 4 is 12.2 Å². The monoisotopic (exact) mass is 917 g/mol. The molecule has 64 heavy (non-hydrogen) atoms. The smallest absolute Gasteiger partial charge is 0.496 e. The zero-order valence-electron chi connectivity index (χ0n) is 35.5. The second-order valence-corrected chi connectivity index (χ2v) is 16.2. The Morgan fingerprint density at radius 3 is 1.84 bits per heavy atom. The molecule has 0 aromatic heterocycles. The third-order valence-electron chi connectivity index (χ3n) is 9.93. The Bertz CT molecular complexity index is 2230. The molecule has 348 valence electrons. The van der Waals surface area contributed by atoms with E-state index in [-0.39, 0.29) is 59.4 Å². The van der Waals surface area contributed by atoms with Crippen LogP contribution in [0, 0.1) is 5.82 Å². The van der Waals surface area contributed by atoms with Crippen LogP contribution in [0.3, 0.4) is 0 Å². The Hall–Kier alpha value is -5.56. The van der Waals surface area contributed by atoms with E-state index in [1.807, 2.05) is 0 Å². The fourth-order valence-electron chi connectivity index (χ4n) is 6.81. The summed E-state index contributed by atoms with van der Waals surface area (Å²) in [6, 6.07) is 12.0. The molecule has 4 aromatic rings. The Balaban J connectivity index is 1.65. The van der Waals surface area contributed by atoms with Crippen LogP contribution in [0.15, 0.2) is 78.9 Å². The van der Waals surface area contributed by atoms with Crippen LogP contribution in [0.5, 0.6) is 5.75 Å². The van der Waals surface area contributed by atoms with Crippen LogP contribution in [0.4, 0.5) is 53.5 Å². The molecular formula is C45H45F10NO8. The second-order valence-electron chi connectivity index (χ2n) is 16.2. The lowest BCUT2D eigenvalue weighted by molar-refractivity contribution is -0.224. The Kier molecular flexibility index (Phi) is 14.9. The van der Waals surface area contributed by atoms with Crippen molar-refractivity contribution in [1.29, 1.82) is 0 Å². The van der Waals surface area contributed by atoms with E-state index < -0.39 is 101 Å². The summed E-state index contributed by atoms with van der Waals surface area (Å²) in [6.07, 6.45) is -23.0. The van der Waals surface area contributed by atoms with Crippen molar-refractivity contribution < 1.29 is 81.9 Å². The number of benzene rings is 4. The van der Waals surface area contributed by atoms with Crippen LogP contribution in [-0.2, 0) is 48.8 Å². The molecule has 9 nitrogen and oxygen atoms in total. The largest absolute Gasteiger partial charge is 0.509 e. The second kappa shape index (κ2) is 19.3. The molecule has 0 N–H and O–H groups in total. The molecule has 4 aromatic carbocycles. The predicted octanol–water partition coefficient (Wildman–Crippen LogP) is 12.8. The summed E-state index contributed by atoms with van der Waals surface area (Å²) < 4.78 is 177. The molecule has 0 spiro atoms. The van der Waals surface area contributed by atoms with Crippen LogP contribution in [0.1, 0.15) is 98.8 Å². The molecule has 2 atom stereocenters. The Morgan fingerprint density at radius 2 is 1.33 bits per heavy atom. The van der Waals surface area contributed by atoms with Crippen molar-refractivity contribution in [2.75, 3.05) is 20.3 Å². The number of amides is 1. The van der Waals surface area contributed by atoms with E-state index in [0.29, 0.717) is 16.5 Å². The van der Waals surface area contributed by atoms with Crippen molar-refractivity contribution in [3.63, 3.8) is 0 Å². The Morgan fingerprint density at radius 1 is 0.750 bits per heavy atom. The molecular weight excluding hydrogens is 872 g/mol. The third kappa shape index (κ3) is 12.4. The predicted molar refractivity (Wildman–Crippen MR) is 210 cm³/mol. The normalized spacial score (nSPS) is 17.1. The van der Waals surface area contributed by atoms with E-state index in [4.69, 9.17) is 28.4 Å². The summed E-state index contributed by atoms with van der Waals surface area (Å²) in [5.74, 6) is -1.26. The van der Waals surface area contributed by atoms with E-state index in [1.54, 1.807) is 44.2 Å². The van der Waals surface area contributed by atoms with Crippen molar-refractivity contribution in [3.8, 4) is 16.9 Å². The van der Waals surface area contributed by atoms with Crippen LogP contribution < -0.4 is 4.74 Å². The van der Waals surface area contributed by atoms with Gasteiger partial charge in [0.25, 0.3) is 0 Å². The molecule has 0 saturated carbocycles. The van der Waals surface area contributed by atoms with Gasteiger partial charge >= 0.3 is 30.8 Å². The number of hydrogen-bond acceptors (Lipinski definition) is 8. The van der Waals surface area contributed by atoms with Gasteiger partial charge in [-0.05, 0) is 92.3 Å². The van der Waals surface area contributed by atoms with Gasteiger partial charge in [-0.3, -0.25) is 4.90 Å². The van der Waals surface area contributed by atoms with Crippen LogP contribution in [0.25, 0.3) is 11.1 Å². The van der Waals surface area contributed by atoms with Gasteiger partial charge in [0.2, 0.25) is 0 Å². The summed E-state index contributed by atoms with van der Waals surface area (Å²) in [5.41, 5.74) is -6.61. The first-order valence-electron chi connectivity index (χ1n) is 19.7. The standard InChI is InChI=1S/C45H45F10NO8/c1-24(2)34-19-35(37(59-7)20-36(34)46)33-14-13-29(43(47,48)49)17-28(33)21-56(40(57)64-42(4,5)6)25(3)38(27-15-30(44(50,51)52)18-31(16-27)45(53,54)55)63-41(58)62-32-22-60-39(61-23-32)26-11-9-8-10-12-26/h8-20,24-25,32,38-39H,21-23H2,1-7H3. The minimum atomic E-state index is -5.38. The summed E-state index contributed by atoms with van der Waals surface area (Å²) in [5, 5.41) is 0. The fourth-order valence-corrected chi connectivity index (χ4v) is 6.81. The summed E-state index contributed by atoms with van der Waals surface area (Å²) in [4.78, 5) is 28.5. The summed E-state index contributed by atoms with van der Waals surface area (Å²) in [6.45, 7) is 7.18. The van der Waals surface area contributed by atoms with Crippen LogP contribution in [-0.4, -0.2) is 55.2 Å². The van der Waals surface area contributed by atoms with Gasteiger partial charge in [-0.15, -0.1) is 0 Å². The number of methoxy groups -OCH3 is 1. The lowest BCUT2D eigenvalue weighted by Crippen LogP contribution is -2.45. The Labute approximate surface area is 362 Å². The van der Waals surface area contributed by atoms with Crippen molar-refractivity contribution in [1.82, 2.24) is 4.90 Å². The summed E-state index contributed by atoms with van der Waals surface area (Å²) >= 11 is 0. The highest BCUT2D eigenvalue weighted by atomic mass is 19.4. The van der Waals surface area contributed by atoms with Gasteiger partial charge in [-0.2, -0.15) is 39.5 Å². The topological polar surface area (TPSA) is 92.8 Å². The highest BCUT2D eigenvalue weighted by Crippen LogP contribution is 2.43. The van der Waals surface area contributed by atoms with Gasteiger partial charge in [-0.25, -0.2) is 14.0 Å². The maximum atomic E-state index is 15.2. The van der Waals surface area contributed by atoms with Crippen LogP contribution >= 0.6 is 0 Å². The fraction of sp³-hybridized carbons (Fsp3) is 0.422. The number of alkyl halides is 9. The lowest BCUT2D eigenvalue weighted by atomic mass is 9.91. The van der Waals surface area contributed by atoms with E-state index >= 15 is 4.39 Å². The van der Waals surface area contributed by atoms with Gasteiger partial charge in [-0.1, -0.05) is 50.2 Å². The zero-order valence-corrected chi connectivity index (χ0v) is 35.5. The number of carbonyl (C=O) groups excluding carboxylic acids is 2. The number of ether oxygens (including phenoxy) is 6. The minimum Gasteiger partial charge on any atom is -0.496 e. The average Bonchev–Trinajstić information content (AvgIpc) is 3.20. The number of rotatable bonds is 11. The molecule has 1 heterocycles. The van der Waals surface area contributed by atoms with E-state index in [9.17, 15) is 49.1 Å². The number of nitrogens with zero attached hydrogens (tertiary/aromatic N) is 1. The van der Waals surface area contributed by atoms with Crippen molar-refractivity contribution in [2.45, 2.75) is 103 Å². The van der Waals surface area contributed by atoms with Crippen molar-refractivity contribution in [2.24, 2.45) is 0 Å². The zero-order chi connectivity index (χ0) is 47.5. The van der Waals surface area contributed by atoms with E-state index in [2.05, 4.69) is 0 Å². The third-order valence-corrected chi connectivity index (χ3v) is 9.93. The van der Waals surface area contributed by atoms with Crippen LogP contribution in [0.2, 0.25) is 0 Å². The lowest BCUT2D eigenvalue weighted by Gasteiger charge is -2.37. The molecule has 19 heteroatoms. The number of carbonyl (C=O) groups is 2. The molecule has 1 saturated heterocycles.